The number of nitrogens with two attached hydrogens (primary N) is 1. The lowest BCUT2D eigenvalue weighted by Crippen LogP contribution is -2.30. The molecular weight excluding hydrogens is 228 g/mol. The van der Waals surface area contributed by atoms with Gasteiger partial charge in [0.25, 0.3) is 0 Å². The molecule has 0 bridgehead atoms. The summed E-state index contributed by atoms with van der Waals surface area (Å²) in [5.74, 6) is 2.12. The van der Waals surface area contributed by atoms with Gasteiger partial charge in [0.15, 0.2) is 0 Å². The molecule has 0 heterocycles. The molecule has 104 valence electrons. The van der Waals surface area contributed by atoms with Crippen LogP contribution in [-0.4, -0.2) is 43.1 Å². The summed E-state index contributed by atoms with van der Waals surface area (Å²) < 4.78 is 0. The van der Waals surface area contributed by atoms with Crippen LogP contribution in [0.2, 0.25) is 0 Å². The first-order valence-corrected chi connectivity index (χ1v) is 8.44. The third kappa shape index (κ3) is 8.92. The number of thioether (sulfide) groups is 1. The molecule has 0 saturated carbocycles. The molecule has 0 aromatic heterocycles. The average Bonchev–Trinajstić information content (AvgIpc) is 2.34. The van der Waals surface area contributed by atoms with Gasteiger partial charge in [-0.25, -0.2) is 0 Å². The highest BCUT2D eigenvalue weighted by Gasteiger charge is 2.10. The Labute approximate surface area is 113 Å². The van der Waals surface area contributed by atoms with Crippen LogP contribution in [0.5, 0.6) is 0 Å². The first-order chi connectivity index (χ1) is 8.15. The molecule has 2 nitrogen and oxygen atoms in total. The molecule has 2 unspecified atom stereocenters. The number of rotatable bonds is 11. The summed E-state index contributed by atoms with van der Waals surface area (Å²) in [7, 11) is 2.26. The summed E-state index contributed by atoms with van der Waals surface area (Å²) in [5.41, 5.74) is 5.63. The first kappa shape index (κ1) is 17.3. The second kappa shape index (κ2) is 11.4. The third-order valence-corrected chi connectivity index (χ3v) is 4.41. The Morgan fingerprint density at radius 1 is 1.24 bits per heavy atom. The van der Waals surface area contributed by atoms with Crippen molar-refractivity contribution in [2.75, 3.05) is 32.1 Å². The molecule has 0 amide bonds. The molecule has 2 atom stereocenters. The van der Waals surface area contributed by atoms with Gasteiger partial charge in [0.2, 0.25) is 0 Å². The average molecular weight is 260 g/mol. The molecular formula is C14H32N2S. The normalized spacial score (nSPS) is 15.2. The van der Waals surface area contributed by atoms with E-state index in [4.69, 9.17) is 5.73 Å². The van der Waals surface area contributed by atoms with Crippen molar-refractivity contribution in [2.24, 2.45) is 11.7 Å². The van der Waals surface area contributed by atoms with Gasteiger partial charge in [-0.15, -0.1) is 0 Å². The third-order valence-electron chi connectivity index (χ3n) is 3.77. The van der Waals surface area contributed by atoms with Gasteiger partial charge in [0, 0.05) is 6.04 Å². The number of hydrogen-bond acceptors (Lipinski definition) is 3. The summed E-state index contributed by atoms with van der Waals surface area (Å²) in [6, 6.07) is 0.719. The maximum atomic E-state index is 5.63. The van der Waals surface area contributed by atoms with Crippen LogP contribution in [0.25, 0.3) is 0 Å². The van der Waals surface area contributed by atoms with Crippen molar-refractivity contribution in [3.05, 3.63) is 0 Å². The second-order valence-electron chi connectivity index (χ2n) is 5.10. The predicted molar refractivity (Wildman–Crippen MR) is 81.8 cm³/mol. The Morgan fingerprint density at radius 2 is 1.94 bits per heavy atom. The molecule has 0 rings (SSSR count). The number of nitrogens with zero attached hydrogens (tertiary/aromatic N) is 1. The van der Waals surface area contributed by atoms with E-state index in [9.17, 15) is 0 Å². The van der Waals surface area contributed by atoms with Crippen LogP contribution in [0.4, 0.5) is 0 Å². The molecule has 3 heteroatoms. The maximum Gasteiger partial charge on any atom is 0.00717 e. The number of hydrogen-bond donors (Lipinski definition) is 1. The van der Waals surface area contributed by atoms with Crippen LogP contribution in [0, 0.1) is 5.92 Å². The topological polar surface area (TPSA) is 29.3 Å². The summed E-state index contributed by atoms with van der Waals surface area (Å²) >= 11 is 1.95. The zero-order valence-electron chi connectivity index (χ0n) is 12.2. The Hall–Kier alpha value is 0.270. The van der Waals surface area contributed by atoms with Crippen LogP contribution in [0.1, 0.15) is 46.0 Å². The molecule has 0 aliphatic heterocycles. The first-order valence-electron chi connectivity index (χ1n) is 7.04. The summed E-state index contributed by atoms with van der Waals surface area (Å²) in [6.45, 7) is 6.70. The molecule has 17 heavy (non-hydrogen) atoms. The molecule has 0 radical (unpaired) electrons. The molecule has 0 saturated heterocycles. The van der Waals surface area contributed by atoms with Gasteiger partial charge in [-0.3, -0.25) is 0 Å². The highest BCUT2D eigenvalue weighted by Crippen LogP contribution is 2.15. The molecule has 0 fully saturated rings. The largest absolute Gasteiger partial charge is 0.330 e. The van der Waals surface area contributed by atoms with Gasteiger partial charge in [0.05, 0.1) is 0 Å². The van der Waals surface area contributed by atoms with Crippen molar-refractivity contribution in [1.29, 1.82) is 0 Å². The molecule has 0 spiro atoms. The highest BCUT2D eigenvalue weighted by molar-refractivity contribution is 7.98. The standard InChI is InChI=1S/C14H32N2S/c1-5-14(8-10-15)7-6-11-16(3)13(2)9-12-17-4/h13-14H,5-12,15H2,1-4H3. The molecule has 0 aliphatic carbocycles. The minimum atomic E-state index is 0.719. The van der Waals surface area contributed by atoms with Crippen LogP contribution in [0.3, 0.4) is 0 Å². The monoisotopic (exact) mass is 260 g/mol. The van der Waals surface area contributed by atoms with Crippen molar-refractivity contribution in [1.82, 2.24) is 4.90 Å². The van der Waals surface area contributed by atoms with Crippen LogP contribution < -0.4 is 5.73 Å². The van der Waals surface area contributed by atoms with Gasteiger partial charge in [-0.2, -0.15) is 11.8 Å². The Balaban J connectivity index is 3.64. The van der Waals surface area contributed by atoms with E-state index in [2.05, 4.69) is 32.1 Å². The van der Waals surface area contributed by atoms with Crippen LogP contribution >= 0.6 is 11.8 Å². The van der Waals surface area contributed by atoms with E-state index in [0.29, 0.717) is 0 Å². The minimum absolute atomic E-state index is 0.719. The summed E-state index contributed by atoms with van der Waals surface area (Å²) in [4.78, 5) is 2.51. The van der Waals surface area contributed by atoms with Crippen molar-refractivity contribution in [2.45, 2.75) is 52.0 Å². The fourth-order valence-electron chi connectivity index (χ4n) is 2.15. The zero-order chi connectivity index (χ0) is 13.1. The smallest absolute Gasteiger partial charge is 0.00717 e. The van der Waals surface area contributed by atoms with E-state index in [0.717, 1.165) is 18.5 Å². The van der Waals surface area contributed by atoms with Crippen molar-refractivity contribution >= 4 is 11.8 Å². The highest BCUT2D eigenvalue weighted by atomic mass is 32.2. The van der Waals surface area contributed by atoms with E-state index in [1.54, 1.807) is 0 Å². The minimum Gasteiger partial charge on any atom is -0.330 e. The maximum absolute atomic E-state index is 5.63. The fraction of sp³-hybridized carbons (Fsp3) is 1.00. The summed E-state index contributed by atoms with van der Waals surface area (Å²) in [5, 5.41) is 0. The molecule has 2 N–H and O–H groups in total. The second-order valence-corrected chi connectivity index (χ2v) is 6.09. The van der Waals surface area contributed by atoms with Gasteiger partial charge in [-0.1, -0.05) is 13.3 Å². The van der Waals surface area contributed by atoms with E-state index in [1.165, 1.54) is 44.4 Å². The van der Waals surface area contributed by atoms with E-state index in [-0.39, 0.29) is 0 Å². The van der Waals surface area contributed by atoms with Gasteiger partial charge in [-0.05, 0) is 70.7 Å². The SMILES string of the molecule is CCC(CCN)CCCN(C)C(C)CCSC. The van der Waals surface area contributed by atoms with Crippen molar-refractivity contribution < 1.29 is 0 Å². The van der Waals surface area contributed by atoms with Gasteiger partial charge < -0.3 is 10.6 Å². The molecule has 0 aromatic carbocycles. The lowest BCUT2D eigenvalue weighted by molar-refractivity contribution is 0.240. The molecule has 0 aliphatic rings. The fourth-order valence-corrected chi connectivity index (χ4v) is 2.72. The van der Waals surface area contributed by atoms with Crippen LogP contribution in [-0.2, 0) is 0 Å². The van der Waals surface area contributed by atoms with Gasteiger partial charge in [0.1, 0.15) is 0 Å². The Kier molecular flexibility index (Phi) is 11.5. The van der Waals surface area contributed by atoms with Crippen molar-refractivity contribution in [3.63, 3.8) is 0 Å². The quantitative estimate of drug-likeness (QED) is 0.618. The predicted octanol–water partition coefficient (Wildman–Crippen LogP) is 3.22. The van der Waals surface area contributed by atoms with Gasteiger partial charge >= 0.3 is 0 Å². The summed E-state index contributed by atoms with van der Waals surface area (Å²) in [6.07, 6.45) is 8.63. The Morgan fingerprint density at radius 3 is 2.47 bits per heavy atom. The lowest BCUT2D eigenvalue weighted by Gasteiger charge is -2.25. The van der Waals surface area contributed by atoms with E-state index >= 15 is 0 Å². The Bertz CT molecular complexity index is 164. The molecule has 0 aromatic rings. The zero-order valence-corrected chi connectivity index (χ0v) is 13.1. The van der Waals surface area contributed by atoms with Crippen molar-refractivity contribution in [3.8, 4) is 0 Å². The van der Waals surface area contributed by atoms with Crippen LogP contribution in [0.15, 0.2) is 0 Å². The lowest BCUT2D eigenvalue weighted by atomic mass is 9.96. The van der Waals surface area contributed by atoms with E-state index in [1.807, 2.05) is 11.8 Å². The van der Waals surface area contributed by atoms with E-state index < -0.39 is 0 Å².